The van der Waals surface area contributed by atoms with Crippen LogP contribution in [0.25, 0.3) is 0 Å². The van der Waals surface area contributed by atoms with Crippen LogP contribution in [0.3, 0.4) is 0 Å². The summed E-state index contributed by atoms with van der Waals surface area (Å²) in [6.07, 6.45) is 0.741. The Morgan fingerprint density at radius 3 is 2.90 bits per heavy atom. The maximum atomic E-state index is 11.5. The van der Waals surface area contributed by atoms with Gasteiger partial charge in [-0.15, -0.1) is 0 Å². The molecule has 104 valence electrons. The Morgan fingerprint density at radius 2 is 2.35 bits per heavy atom. The molecule has 1 aromatic carbocycles. The number of carbonyl (C=O) groups is 1. The Bertz CT molecular complexity index is 606. The van der Waals surface area contributed by atoms with Crippen molar-refractivity contribution in [3.8, 4) is 17.6 Å². The van der Waals surface area contributed by atoms with Gasteiger partial charge in [0.05, 0.1) is 24.3 Å². The third kappa shape index (κ3) is 3.67. The monoisotopic (exact) mass is 277 g/mol. The summed E-state index contributed by atoms with van der Waals surface area (Å²) in [4.78, 5) is 20.8. The van der Waals surface area contributed by atoms with E-state index in [1.54, 1.807) is 6.07 Å². The van der Waals surface area contributed by atoms with Crippen LogP contribution in [0, 0.1) is 21.4 Å². The molecule has 1 N–H and O–H groups in total. The molecule has 1 aromatic rings. The maximum Gasteiger partial charge on any atom is 0.266 e. The van der Waals surface area contributed by atoms with E-state index in [0.29, 0.717) is 0 Å². The Kier molecular flexibility index (Phi) is 4.99. The first-order chi connectivity index (χ1) is 9.49. The van der Waals surface area contributed by atoms with Crippen molar-refractivity contribution < 1.29 is 19.6 Å². The molecule has 1 amide bonds. The van der Waals surface area contributed by atoms with Gasteiger partial charge in [-0.3, -0.25) is 14.9 Å². The lowest BCUT2D eigenvalue weighted by molar-refractivity contribution is -0.398. The predicted molar refractivity (Wildman–Crippen MR) is 65.1 cm³/mol. The third-order valence-electron chi connectivity index (χ3n) is 2.12. The van der Waals surface area contributed by atoms with Crippen molar-refractivity contribution >= 4 is 17.8 Å². The number of nitrogens with zero attached hydrogens (tertiary/aromatic N) is 3. The summed E-state index contributed by atoms with van der Waals surface area (Å²) in [5.74, 6) is -1.67. The molecule has 0 aliphatic carbocycles. The Labute approximate surface area is 113 Å². The molecule has 0 saturated carbocycles. The summed E-state index contributed by atoms with van der Waals surface area (Å²) < 4.78 is 4.73. The molecule has 9 nitrogen and oxygen atoms in total. The summed E-state index contributed by atoms with van der Waals surface area (Å²) >= 11 is 0. The van der Waals surface area contributed by atoms with Crippen LogP contribution in [0.2, 0.25) is 0 Å². The maximum absolute atomic E-state index is 11.5. The van der Waals surface area contributed by atoms with E-state index < -0.39 is 22.3 Å². The van der Waals surface area contributed by atoms with Gasteiger partial charge >= 0.3 is 0 Å². The summed E-state index contributed by atoms with van der Waals surface area (Å²) in [5, 5.41) is 34.0. The molecule has 0 fully saturated rings. The lowest BCUT2D eigenvalue weighted by Crippen LogP contribution is -2.16. The van der Waals surface area contributed by atoms with Crippen LogP contribution in [-0.4, -0.2) is 24.2 Å². The molecule has 0 heterocycles. The van der Waals surface area contributed by atoms with Crippen molar-refractivity contribution in [2.24, 2.45) is 5.10 Å². The van der Waals surface area contributed by atoms with Crippen molar-refractivity contribution in [3.63, 3.8) is 0 Å². The summed E-state index contributed by atoms with van der Waals surface area (Å²) in [6, 6.07) is 3.88. The fourth-order valence-corrected chi connectivity index (χ4v) is 1.26. The van der Waals surface area contributed by atoms with E-state index in [4.69, 9.17) is 10.00 Å². The number of amides is 1. The molecule has 0 saturated heterocycles. The van der Waals surface area contributed by atoms with E-state index in [9.17, 15) is 20.0 Å². The average Bonchev–Trinajstić information content (AvgIpc) is 2.40. The van der Waals surface area contributed by atoms with Gasteiger partial charge in [-0.2, -0.15) is 10.4 Å². The van der Waals surface area contributed by atoms with Crippen molar-refractivity contribution in [1.82, 2.24) is 5.43 Å². The molecule has 0 radical (unpaired) electrons. The number of hydrogen-bond acceptors (Lipinski definition) is 7. The lowest BCUT2D eigenvalue weighted by Gasteiger charge is -2.12. The van der Waals surface area contributed by atoms with Crippen LogP contribution in [0.1, 0.15) is 12.0 Å². The molecule has 0 unspecified atom stereocenters. The van der Waals surface area contributed by atoms with Crippen LogP contribution in [0.15, 0.2) is 17.2 Å². The molecule has 0 spiro atoms. The number of ether oxygens (including phenoxy) is 1. The minimum atomic E-state index is -0.844. The summed E-state index contributed by atoms with van der Waals surface area (Å²) in [5.41, 5.74) is 1.59. The van der Waals surface area contributed by atoms with Gasteiger partial charge in [-0.05, 0) is 6.07 Å². The van der Waals surface area contributed by atoms with Gasteiger partial charge in [0, 0.05) is 17.4 Å². The fourth-order valence-electron chi connectivity index (χ4n) is 1.26. The lowest BCUT2D eigenvalue weighted by atomic mass is 10.2. The second-order valence-electron chi connectivity index (χ2n) is 3.46. The zero-order chi connectivity index (χ0) is 15.1. The molecular formula is C11H9N4O5-. The van der Waals surface area contributed by atoms with Crippen LogP contribution in [0.4, 0.5) is 5.69 Å². The number of hydrogen-bond donors (Lipinski definition) is 1. The minimum Gasteiger partial charge on any atom is -0.865 e. The van der Waals surface area contributed by atoms with E-state index in [0.717, 1.165) is 12.3 Å². The van der Waals surface area contributed by atoms with E-state index in [2.05, 4.69) is 10.5 Å². The van der Waals surface area contributed by atoms with Gasteiger partial charge in [-0.1, -0.05) is 0 Å². The molecule has 0 bridgehead atoms. The van der Waals surface area contributed by atoms with E-state index in [-0.39, 0.29) is 17.7 Å². The molecule has 20 heavy (non-hydrogen) atoms. The number of nitriles is 1. The van der Waals surface area contributed by atoms with E-state index in [1.807, 2.05) is 0 Å². The van der Waals surface area contributed by atoms with Crippen molar-refractivity contribution in [1.29, 1.82) is 5.26 Å². The van der Waals surface area contributed by atoms with Gasteiger partial charge in [0.2, 0.25) is 0 Å². The van der Waals surface area contributed by atoms with Crippen LogP contribution in [-0.2, 0) is 4.79 Å². The highest BCUT2D eigenvalue weighted by Crippen LogP contribution is 2.33. The highest BCUT2D eigenvalue weighted by Gasteiger charge is 2.12. The zero-order valence-electron chi connectivity index (χ0n) is 10.3. The quantitative estimate of drug-likeness (QED) is 0.457. The van der Waals surface area contributed by atoms with Gasteiger partial charge in [-0.25, -0.2) is 5.43 Å². The van der Waals surface area contributed by atoms with Gasteiger partial charge < -0.3 is 9.84 Å². The topological polar surface area (TPSA) is 141 Å². The van der Waals surface area contributed by atoms with Crippen molar-refractivity contribution in [3.05, 3.63) is 27.8 Å². The molecule has 9 heteroatoms. The molecule has 0 atom stereocenters. The number of hydrazone groups is 1. The zero-order valence-corrected chi connectivity index (χ0v) is 10.3. The van der Waals surface area contributed by atoms with Crippen molar-refractivity contribution in [2.45, 2.75) is 6.42 Å². The number of methoxy groups -OCH3 is 1. The number of carbonyl (C=O) groups excluding carboxylic acids is 1. The highest BCUT2D eigenvalue weighted by atomic mass is 16.6. The molecular weight excluding hydrogens is 268 g/mol. The fraction of sp³-hybridized carbons (Fsp3) is 0.182. The predicted octanol–water partition coefficient (Wildman–Crippen LogP) is 0.0408. The normalized spacial score (nSPS) is 10.0. The van der Waals surface area contributed by atoms with E-state index in [1.165, 1.54) is 13.2 Å². The van der Waals surface area contributed by atoms with Crippen LogP contribution >= 0.6 is 0 Å². The summed E-state index contributed by atoms with van der Waals surface area (Å²) in [7, 11) is 1.20. The molecule has 0 aliphatic rings. The molecule has 1 rings (SSSR count). The van der Waals surface area contributed by atoms with E-state index >= 15 is 0 Å². The molecule has 0 aliphatic heterocycles. The average molecular weight is 277 g/mol. The second-order valence-corrected chi connectivity index (χ2v) is 3.46. The first-order valence-electron chi connectivity index (χ1n) is 5.22. The Hall–Kier alpha value is -3.15. The number of nitrogens with one attached hydrogen (secondary N) is 1. The SMILES string of the molecule is COc1cc(/C=N\NC(=O)CC#N)cc([N+](=O)[O-])c1[O-]. The van der Waals surface area contributed by atoms with Gasteiger partial charge in [0.15, 0.2) is 0 Å². The standard InChI is InChI=1S/C11H10N4O5/c1-20-9-5-7(4-8(11(9)17)15(18)19)6-13-14-10(16)2-3-12/h4-6,17H,2H2,1H3,(H,14,16)/p-1/b13-6-. The highest BCUT2D eigenvalue weighted by molar-refractivity contribution is 5.85. The number of nitro groups is 1. The van der Waals surface area contributed by atoms with Gasteiger partial charge in [0.25, 0.3) is 11.6 Å². The number of nitro benzene ring substituents is 1. The second kappa shape index (κ2) is 6.69. The Balaban J connectivity index is 2.99. The Morgan fingerprint density at radius 1 is 1.65 bits per heavy atom. The van der Waals surface area contributed by atoms with Crippen LogP contribution in [0.5, 0.6) is 11.5 Å². The smallest absolute Gasteiger partial charge is 0.266 e. The number of rotatable bonds is 5. The first-order valence-corrected chi connectivity index (χ1v) is 5.22. The molecule has 0 aromatic heterocycles. The first kappa shape index (κ1) is 14.9. The number of benzene rings is 1. The third-order valence-corrected chi connectivity index (χ3v) is 2.12. The largest absolute Gasteiger partial charge is 0.865 e. The van der Waals surface area contributed by atoms with Gasteiger partial charge in [0.1, 0.15) is 12.2 Å². The minimum absolute atomic E-state index is 0.199. The summed E-state index contributed by atoms with van der Waals surface area (Å²) in [6.45, 7) is 0. The van der Waals surface area contributed by atoms with Crippen molar-refractivity contribution in [2.75, 3.05) is 7.11 Å². The van der Waals surface area contributed by atoms with Crippen LogP contribution < -0.4 is 15.3 Å².